The number of thioether (sulfide) groups is 1. The number of aromatic nitrogens is 4. The smallest absolute Gasteiger partial charge is 0.210 e. The molecular weight excluding hydrogens is 338 g/mol. The molecule has 2 N–H and O–H groups in total. The molecule has 0 aliphatic carbocycles. The number of aryl methyl sites for hydroxylation is 1. The van der Waals surface area contributed by atoms with E-state index in [1.54, 1.807) is 27.8 Å². The SMILES string of the molecule is Cc1ccc(-c2nnc(SCc3nc4ccccc4s3)n2N)cc1. The lowest BCUT2D eigenvalue weighted by Gasteiger charge is -2.03. The molecule has 0 aliphatic rings. The number of nitrogens with zero attached hydrogens (tertiary/aromatic N) is 4. The van der Waals surface area contributed by atoms with Crippen molar-refractivity contribution in [3.63, 3.8) is 0 Å². The van der Waals surface area contributed by atoms with Gasteiger partial charge in [0.25, 0.3) is 0 Å². The van der Waals surface area contributed by atoms with Crippen LogP contribution in [0.5, 0.6) is 0 Å². The van der Waals surface area contributed by atoms with Gasteiger partial charge in [-0.15, -0.1) is 21.5 Å². The minimum absolute atomic E-state index is 0.668. The standard InChI is InChI=1S/C17H15N5S2/c1-11-6-8-12(9-7-11)16-20-21-17(22(16)18)23-10-15-19-13-4-2-3-5-14(13)24-15/h2-9H,10,18H2,1H3. The summed E-state index contributed by atoms with van der Waals surface area (Å²) in [5, 5.41) is 10.2. The van der Waals surface area contributed by atoms with Crippen LogP contribution in [-0.4, -0.2) is 19.9 Å². The molecule has 120 valence electrons. The van der Waals surface area contributed by atoms with E-state index in [4.69, 9.17) is 5.84 Å². The molecule has 5 nitrogen and oxygen atoms in total. The number of benzene rings is 2. The van der Waals surface area contributed by atoms with E-state index in [9.17, 15) is 0 Å². The number of rotatable bonds is 4. The lowest BCUT2D eigenvalue weighted by atomic mass is 10.1. The fraction of sp³-hybridized carbons (Fsp3) is 0.118. The first kappa shape index (κ1) is 15.2. The topological polar surface area (TPSA) is 69.6 Å². The molecule has 0 atom stereocenters. The van der Waals surface area contributed by atoms with Crippen molar-refractivity contribution >= 4 is 33.3 Å². The Morgan fingerprint density at radius 3 is 2.67 bits per heavy atom. The zero-order valence-corrected chi connectivity index (χ0v) is 14.6. The molecule has 0 amide bonds. The van der Waals surface area contributed by atoms with Crippen LogP contribution in [0.2, 0.25) is 0 Å². The van der Waals surface area contributed by atoms with E-state index in [1.807, 2.05) is 42.5 Å². The van der Waals surface area contributed by atoms with Gasteiger partial charge in [0.2, 0.25) is 5.16 Å². The summed E-state index contributed by atoms with van der Waals surface area (Å²) < 4.78 is 2.74. The Kier molecular flexibility index (Phi) is 3.95. The van der Waals surface area contributed by atoms with Gasteiger partial charge in [-0.2, -0.15) is 0 Å². The average molecular weight is 353 g/mol. The predicted molar refractivity (Wildman–Crippen MR) is 99.5 cm³/mol. The van der Waals surface area contributed by atoms with Crippen LogP contribution < -0.4 is 5.84 Å². The van der Waals surface area contributed by atoms with E-state index in [0.29, 0.717) is 11.0 Å². The Morgan fingerprint density at radius 2 is 1.88 bits per heavy atom. The van der Waals surface area contributed by atoms with Crippen LogP contribution in [0.1, 0.15) is 10.6 Å². The summed E-state index contributed by atoms with van der Waals surface area (Å²) in [5.74, 6) is 7.56. The molecule has 0 saturated heterocycles. The number of hydrogen-bond donors (Lipinski definition) is 1. The maximum atomic E-state index is 6.17. The molecule has 0 spiro atoms. The number of nitrogens with two attached hydrogens (primary N) is 1. The summed E-state index contributed by atoms with van der Waals surface area (Å²) in [7, 11) is 0. The second-order valence-electron chi connectivity index (χ2n) is 5.41. The lowest BCUT2D eigenvalue weighted by Crippen LogP contribution is -2.11. The maximum absolute atomic E-state index is 6.17. The summed E-state index contributed by atoms with van der Waals surface area (Å²) in [6.45, 7) is 2.05. The number of thiazole rings is 1. The first-order chi connectivity index (χ1) is 11.7. The molecule has 0 unspecified atom stereocenters. The van der Waals surface area contributed by atoms with Crippen molar-refractivity contribution in [3.05, 3.63) is 59.1 Å². The van der Waals surface area contributed by atoms with Crippen molar-refractivity contribution < 1.29 is 0 Å². The van der Waals surface area contributed by atoms with Crippen LogP contribution in [0, 0.1) is 6.92 Å². The minimum Gasteiger partial charge on any atom is -0.335 e. The van der Waals surface area contributed by atoms with Crippen molar-refractivity contribution in [3.8, 4) is 11.4 Å². The van der Waals surface area contributed by atoms with E-state index in [2.05, 4.69) is 28.2 Å². The molecule has 2 aromatic carbocycles. The maximum Gasteiger partial charge on any atom is 0.210 e. The Hall–Kier alpha value is -2.38. The first-order valence-corrected chi connectivity index (χ1v) is 9.26. The van der Waals surface area contributed by atoms with Crippen LogP contribution in [-0.2, 0) is 5.75 Å². The van der Waals surface area contributed by atoms with Gasteiger partial charge in [-0.05, 0) is 19.1 Å². The summed E-state index contributed by atoms with van der Waals surface area (Å²) in [6, 6.07) is 16.2. The predicted octanol–water partition coefficient (Wildman–Crippen LogP) is 3.87. The highest BCUT2D eigenvalue weighted by Gasteiger charge is 2.13. The molecular formula is C17H15N5S2. The highest BCUT2D eigenvalue weighted by molar-refractivity contribution is 7.98. The highest BCUT2D eigenvalue weighted by atomic mass is 32.2. The molecule has 0 bridgehead atoms. The number of hydrogen-bond acceptors (Lipinski definition) is 6. The third-order valence-electron chi connectivity index (χ3n) is 3.64. The molecule has 24 heavy (non-hydrogen) atoms. The van der Waals surface area contributed by atoms with E-state index in [0.717, 1.165) is 21.8 Å². The van der Waals surface area contributed by atoms with Gasteiger partial charge in [-0.1, -0.05) is 53.7 Å². The van der Waals surface area contributed by atoms with Crippen molar-refractivity contribution in [2.75, 3.05) is 5.84 Å². The number of fused-ring (bicyclic) bond motifs is 1. The minimum atomic E-state index is 0.668. The molecule has 2 heterocycles. The van der Waals surface area contributed by atoms with Crippen molar-refractivity contribution in [1.82, 2.24) is 19.9 Å². The monoisotopic (exact) mass is 353 g/mol. The Balaban J connectivity index is 1.54. The Labute approximate surface area is 147 Å². The number of para-hydroxylation sites is 1. The van der Waals surface area contributed by atoms with Gasteiger partial charge >= 0.3 is 0 Å². The third-order valence-corrected chi connectivity index (χ3v) is 5.81. The molecule has 2 aromatic heterocycles. The van der Waals surface area contributed by atoms with Crippen molar-refractivity contribution in [1.29, 1.82) is 0 Å². The van der Waals surface area contributed by atoms with E-state index >= 15 is 0 Å². The summed E-state index contributed by atoms with van der Waals surface area (Å²) in [4.78, 5) is 4.63. The van der Waals surface area contributed by atoms with Gasteiger partial charge < -0.3 is 5.84 Å². The summed E-state index contributed by atoms with van der Waals surface area (Å²) >= 11 is 3.24. The van der Waals surface area contributed by atoms with E-state index < -0.39 is 0 Å². The van der Waals surface area contributed by atoms with Gasteiger partial charge in [0.1, 0.15) is 5.01 Å². The third kappa shape index (κ3) is 2.88. The van der Waals surface area contributed by atoms with Crippen LogP contribution in [0.4, 0.5) is 0 Å². The van der Waals surface area contributed by atoms with E-state index in [1.165, 1.54) is 10.3 Å². The Morgan fingerprint density at radius 1 is 1.08 bits per heavy atom. The molecule has 0 saturated carbocycles. The van der Waals surface area contributed by atoms with Gasteiger partial charge in [0, 0.05) is 5.56 Å². The zero-order valence-electron chi connectivity index (χ0n) is 13.0. The van der Waals surface area contributed by atoms with Crippen molar-refractivity contribution in [2.45, 2.75) is 17.8 Å². The van der Waals surface area contributed by atoms with Crippen LogP contribution in [0.25, 0.3) is 21.6 Å². The lowest BCUT2D eigenvalue weighted by molar-refractivity contribution is 0.849. The normalized spacial score (nSPS) is 11.2. The molecule has 4 aromatic rings. The van der Waals surface area contributed by atoms with Crippen LogP contribution in [0.15, 0.2) is 53.7 Å². The van der Waals surface area contributed by atoms with Gasteiger partial charge in [-0.3, -0.25) is 0 Å². The summed E-state index contributed by atoms with van der Waals surface area (Å²) in [6.07, 6.45) is 0. The molecule has 0 aliphatic heterocycles. The first-order valence-electron chi connectivity index (χ1n) is 7.45. The summed E-state index contributed by atoms with van der Waals surface area (Å²) in [5.41, 5.74) is 3.20. The fourth-order valence-corrected chi connectivity index (χ4v) is 4.20. The van der Waals surface area contributed by atoms with E-state index in [-0.39, 0.29) is 0 Å². The molecule has 7 heteroatoms. The highest BCUT2D eigenvalue weighted by Crippen LogP contribution is 2.28. The molecule has 4 rings (SSSR count). The van der Waals surface area contributed by atoms with Gasteiger partial charge in [0.05, 0.1) is 16.0 Å². The Bertz CT molecular complexity index is 955. The second kappa shape index (κ2) is 6.26. The largest absolute Gasteiger partial charge is 0.335 e. The van der Waals surface area contributed by atoms with Gasteiger partial charge in [0.15, 0.2) is 5.82 Å². The molecule has 0 fully saturated rings. The van der Waals surface area contributed by atoms with Crippen molar-refractivity contribution in [2.24, 2.45) is 0 Å². The fourth-order valence-electron chi connectivity index (χ4n) is 2.38. The van der Waals surface area contributed by atoms with Crippen LogP contribution in [0.3, 0.4) is 0 Å². The molecule has 0 radical (unpaired) electrons. The zero-order chi connectivity index (χ0) is 16.5. The average Bonchev–Trinajstić information content (AvgIpc) is 3.17. The van der Waals surface area contributed by atoms with Gasteiger partial charge in [-0.25, -0.2) is 9.66 Å². The second-order valence-corrected chi connectivity index (χ2v) is 7.46. The van der Waals surface area contributed by atoms with Crippen LogP contribution >= 0.6 is 23.1 Å². The quantitative estimate of drug-likeness (QED) is 0.445. The number of nitrogen functional groups attached to an aromatic ring is 1.